The third-order valence-electron chi connectivity index (χ3n) is 6.07. The first-order chi connectivity index (χ1) is 15.4. The Morgan fingerprint density at radius 2 is 1.94 bits per heavy atom. The highest BCUT2D eigenvalue weighted by atomic mass is 35.5. The zero-order valence-corrected chi connectivity index (χ0v) is 21.8. The Bertz CT molecular complexity index is 1110. The monoisotopic (exact) mass is 507 g/mol. The molecule has 5 nitrogen and oxygen atoms in total. The lowest BCUT2D eigenvalue weighted by atomic mass is 10.0. The van der Waals surface area contributed by atoms with Gasteiger partial charge in [-0.15, -0.1) is 12.4 Å². The van der Waals surface area contributed by atoms with Crippen molar-refractivity contribution in [1.29, 1.82) is 0 Å². The van der Waals surface area contributed by atoms with E-state index in [-0.39, 0.29) is 18.3 Å². The average Bonchev–Trinajstić information content (AvgIpc) is 3.22. The van der Waals surface area contributed by atoms with Crippen LogP contribution in [0.1, 0.15) is 28.7 Å². The number of ether oxygens (including phenoxy) is 1. The lowest BCUT2D eigenvalue weighted by molar-refractivity contribution is -0.118. The molecule has 1 amide bonds. The number of carbonyl (C=O) groups is 1. The Morgan fingerprint density at radius 3 is 2.70 bits per heavy atom. The Hall–Kier alpha value is -1.70. The van der Waals surface area contributed by atoms with E-state index in [4.69, 9.17) is 21.3 Å². The number of hydrogen-bond donors (Lipinski definition) is 0. The molecule has 1 saturated heterocycles. The summed E-state index contributed by atoms with van der Waals surface area (Å²) in [4.78, 5) is 22.6. The van der Waals surface area contributed by atoms with E-state index < -0.39 is 0 Å². The summed E-state index contributed by atoms with van der Waals surface area (Å²) in [7, 11) is 0. The Kier molecular flexibility index (Phi) is 9.13. The van der Waals surface area contributed by atoms with Crippen LogP contribution in [0.4, 0.5) is 5.13 Å². The first-order valence-corrected chi connectivity index (χ1v) is 12.3. The molecule has 2 heterocycles. The molecule has 0 unspecified atom stereocenters. The van der Waals surface area contributed by atoms with Crippen LogP contribution in [0.15, 0.2) is 30.3 Å². The van der Waals surface area contributed by atoms with E-state index in [9.17, 15) is 4.79 Å². The second kappa shape index (κ2) is 11.6. The molecule has 0 N–H and O–H groups in total. The molecule has 0 atom stereocenters. The van der Waals surface area contributed by atoms with Crippen LogP contribution < -0.4 is 4.90 Å². The lowest BCUT2D eigenvalue weighted by Gasteiger charge is -2.28. The van der Waals surface area contributed by atoms with Crippen molar-refractivity contribution in [3.05, 3.63) is 57.6 Å². The number of nitrogens with zero attached hydrogens (tertiary/aromatic N) is 3. The quantitative estimate of drug-likeness (QED) is 0.417. The molecule has 0 saturated carbocycles. The summed E-state index contributed by atoms with van der Waals surface area (Å²) in [5, 5.41) is 1.46. The minimum atomic E-state index is 0. The van der Waals surface area contributed by atoms with Gasteiger partial charge in [-0.05, 0) is 56.0 Å². The largest absolute Gasteiger partial charge is 0.379 e. The normalized spacial score (nSPS) is 14.3. The molecule has 4 rings (SSSR count). The topological polar surface area (TPSA) is 45.7 Å². The van der Waals surface area contributed by atoms with E-state index in [0.717, 1.165) is 71.3 Å². The Morgan fingerprint density at radius 1 is 1.18 bits per heavy atom. The highest BCUT2D eigenvalue weighted by Gasteiger charge is 2.22. The molecule has 178 valence electrons. The third kappa shape index (κ3) is 6.25. The van der Waals surface area contributed by atoms with E-state index >= 15 is 0 Å². The van der Waals surface area contributed by atoms with E-state index in [1.54, 1.807) is 11.3 Å². The predicted molar refractivity (Wildman–Crippen MR) is 140 cm³/mol. The zero-order valence-electron chi connectivity index (χ0n) is 19.4. The first kappa shape index (κ1) is 25.9. The van der Waals surface area contributed by atoms with Crippen molar-refractivity contribution in [2.45, 2.75) is 33.6 Å². The Balaban J connectivity index is 0.00000306. The third-order valence-corrected chi connectivity index (χ3v) is 7.53. The zero-order chi connectivity index (χ0) is 22.7. The number of aryl methyl sites for hydroxylation is 3. The van der Waals surface area contributed by atoms with Crippen LogP contribution in [-0.2, 0) is 16.0 Å². The molecule has 2 aromatic carbocycles. The minimum Gasteiger partial charge on any atom is -0.379 e. The smallest absolute Gasteiger partial charge is 0.233 e. The minimum absolute atomic E-state index is 0. The summed E-state index contributed by atoms with van der Waals surface area (Å²) in [5.41, 5.74) is 5.23. The van der Waals surface area contributed by atoms with Crippen molar-refractivity contribution in [2.75, 3.05) is 44.3 Å². The van der Waals surface area contributed by atoms with Crippen LogP contribution in [0.25, 0.3) is 10.2 Å². The summed E-state index contributed by atoms with van der Waals surface area (Å²) >= 11 is 7.88. The molecule has 1 aromatic heterocycles. The highest BCUT2D eigenvalue weighted by Crippen LogP contribution is 2.34. The maximum Gasteiger partial charge on any atom is 0.233 e. The highest BCUT2D eigenvalue weighted by molar-refractivity contribution is 7.22. The lowest BCUT2D eigenvalue weighted by Crippen LogP contribution is -2.39. The van der Waals surface area contributed by atoms with Crippen molar-refractivity contribution in [3.63, 3.8) is 0 Å². The van der Waals surface area contributed by atoms with E-state index in [1.165, 1.54) is 5.56 Å². The molecular formula is C25H31Cl2N3O2S. The van der Waals surface area contributed by atoms with Crippen molar-refractivity contribution < 1.29 is 9.53 Å². The maximum atomic E-state index is 13.5. The van der Waals surface area contributed by atoms with Crippen LogP contribution >= 0.6 is 35.3 Å². The van der Waals surface area contributed by atoms with Gasteiger partial charge in [0.2, 0.25) is 5.91 Å². The van der Waals surface area contributed by atoms with Crippen molar-refractivity contribution in [2.24, 2.45) is 0 Å². The maximum absolute atomic E-state index is 13.5. The summed E-state index contributed by atoms with van der Waals surface area (Å²) < 4.78 is 6.51. The molecule has 8 heteroatoms. The van der Waals surface area contributed by atoms with Gasteiger partial charge in [-0.1, -0.05) is 46.7 Å². The SMILES string of the molecule is Cc1ccc(C)c(CC(=O)N(CCCN2CCOCC2)c2nc3c(C)c(Cl)ccc3s2)c1.Cl. The van der Waals surface area contributed by atoms with Gasteiger partial charge in [0.15, 0.2) is 5.13 Å². The molecule has 0 bridgehead atoms. The van der Waals surface area contributed by atoms with Gasteiger partial charge < -0.3 is 4.74 Å². The van der Waals surface area contributed by atoms with E-state index in [2.05, 4.69) is 36.9 Å². The van der Waals surface area contributed by atoms with Crippen molar-refractivity contribution >= 4 is 56.6 Å². The van der Waals surface area contributed by atoms with Gasteiger partial charge in [0.25, 0.3) is 0 Å². The van der Waals surface area contributed by atoms with Gasteiger partial charge in [0, 0.05) is 31.2 Å². The van der Waals surface area contributed by atoms with Crippen LogP contribution in [0.5, 0.6) is 0 Å². The number of carbonyl (C=O) groups excluding carboxylic acids is 1. The van der Waals surface area contributed by atoms with E-state index in [0.29, 0.717) is 18.0 Å². The molecule has 3 aromatic rings. The standard InChI is InChI=1S/C25H30ClN3O2S.ClH/c1-17-5-6-18(2)20(15-17)16-23(30)29(10-4-9-28-11-13-31-14-12-28)25-27-24-19(3)21(26)7-8-22(24)32-25;/h5-8,15H,4,9-14,16H2,1-3H3;1H. The molecule has 33 heavy (non-hydrogen) atoms. The second-order valence-electron chi connectivity index (χ2n) is 8.48. The van der Waals surface area contributed by atoms with Gasteiger partial charge in [0.1, 0.15) is 0 Å². The summed E-state index contributed by atoms with van der Waals surface area (Å²) in [5.74, 6) is 0.0866. The van der Waals surface area contributed by atoms with Crippen LogP contribution in [0.2, 0.25) is 5.02 Å². The average molecular weight is 509 g/mol. The van der Waals surface area contributed by atoms with Crippen LogP contribution in [-0.4, -0.2) is 55.2 Å². The summed E-state index contributed by atoms with van der Waals surface area (Å²) in [6, 6.07) is 10.2. The summed E-state index contributed by atoms with van der Waals surface area (Å²) in [6.45, 7) is 11.2. The number of hydrogen-bond acceptors (Lipinski definition) is 5. The van der Waals surface area contributed by atoms with Gasteiger partial charge in [0.05, 0.1) is 29.9 Å². The Labute approximate surface area is 211 Å². The number of morpholine rings is 1. The molecular weight excluding hydrogens is 477 g/mol. The van der Waals surface area contributed by atoms with E-state index in [1.807, 2.05) is 24.0 Å². The number of amides is 1. The fourth-order valence-corrected chi connectivity index (χ4v) is 5.28. The molecule has 1 aliphatic heterocycles. The van der Waals surface area contributed by atoms with Crippen molar-refractivity contribution in [1.82, 2.24) is 9.88 Å². The predicted octanol–water partition coefficient (Wildman–Crippen LogP) is 5.59. The van der Waals surface area contributed by atoms with Gasteiger partial charge in [-0.25, -0.2) is 4.98 Å². The van der Waals surface area contributed by atoms with Gasteiger partial charge in [-0.3, -0.25) is 14.6 Å². The number of halogens is 2. The number of benzene rings is 2. The van der Waals surface area contributed by atoms with Crippen molar-refractivity contribution in [3.8, 4) is 0 Å². The first-order valence-electron chi connectivity index (χ1n) is 11.1. The fourth-order valence-electron chi connectivity index (χ4n) is 4.06. The van der Waals surface area contributed by atoms with Crippen LogP contribution in [0.3, 0.4) is 0 Å². The van der Waals surface area contributed by atoms with Crippen LogP contribution in [0, 0.1) is 20.8 Å². The summed E-state index contributed by atoms with van der Waals surface area (Å²) in [6.07, 6.45) is 1.27. The molecule has 0 aliphatic carbocycles. The number of thiazole rings is 1. The molecule has 0 spiro atoms. The number of rotatable bonds is 7. The molecule has 1 aliphatic rings. The fraction of sp³-hybridized carbons (Fsp3) is 0.440. The molecule has 0 radical (unpaired) electrons. The number of aromatic nitrogens is 1. The number of fused-ring (bicyclic) bond motifs is 1. The van der Waals surface area contributed by atoms with Gasteiger partial charge in [-0.2, -0.15) is 0 Å². The second-order valence-corrected chi connectivity index (χ2v) is 9.89. The van der Waals surface area contributed by atoms with Gasteiger partial charge >= 0.3 is 0 Å². The number of anilines is 1. The molecule has 1 fully saturated rings.